The van der Waals surface area contributed by atoms with Crippen molar-refractivity contribution in [1.82, 2.24) is 4.90 Å². The lowest BCUT2D eigenvalue weighted by Gasteiger charge is -2.27. The van der Waals surface area contributed by atoms with Gasteiger partial charge in [0.1, 0.15) is 0 Å². The molecule has 2 aromatic rings. The molecule has 1 heterocycles. The first-order valence-corrected chi connectivity index (χ1v) is 9.93. The lowest BCUT2D eigenvalue weighted by molar-refractivity contribution is 0.0302. The predicted molar refractivity (Wildman–Crippen MR) is 111 cm³/mol. The molecule has 1 fully saturated rings. The van der Waals surface area contributed by atoms with E-state index in [-0.39, 0.29) is 11.7 Å². The van der Waals surface area contributed by atoms with Crippen LogP contribution in [0, 0.1) is 6.92 Å². The van der Waals surface area contributed by atoms with E-state index in [4.69, 9.17) is 4.74 Å². The number of ketones is 1. The van der Waals surface area contributed by atoms with Crippen molar-refractivity contribution in [1.29, 1.82) is 0 Å². The fraction of sp³-hybridized carbons (Fsp3) is 0.391. The number of nitrogens with zero attached hydrogens (tertiary/aromatic N) is 2. The topological polar surface area (TPSA) is 49.9 Å². The van der Waals surface area contributed by atoms with Crippen LogP contribution in [-0.4, -0.2) is 56.0 Å². The molecule has 0 unspecified atom stereocenters. The second-order valence-electron chi connectivity index (χ2n) is 6.95. The zero-order valence-corrected chi connectivity index (χ0v) is 16.9. The summed E-state index contributed by atoms with van der Waals surface area (Å²) in [7, 11) is 0. The summed E-state index contributed by atoms with van der Waals surface area (Å²) >= 11 is 0. The van der Waals surface area contributed by atoms with Crippen molar-refractivity contribution in [2.75, 3.05) is 44.3 Å². The van der Waals surface area contributed by atoms with E-state index in [0.29, 0.717) is 43.0 Å². The number of hydrogen-bond donors (Lipinski definition) is 0. The fourth-order valence-corrected chi connectivity index (χ4v) is 3.64. The molecule has 5 nitrogen and oxygen atoms in total. The summed E-state index contributed by atoms with van der Waals surface area (Å²) in [5, 5.41) is 0. The third kappa shape index (κ3) is 4.09. The first kappa shape index (κ1) is 20.1. The van der Waals surface area contributed by atoms with Crippen LogP contribution in [0.3, 0.4) is 0 Å². The molecule has 1 aliphatic heterocycles. The molecule has 28 heavy (non-hydrogen) atoms. The van der Waals surface area contributed by atoms with Gasteiger partial charge in [-0.25, -0.2) is 0 Å². The number of morpholine rings is 1. The van der Waals surface area contributed by atoms with E-state index in [2.05, 4.69) is 18.7 Å². The summed E-state index contributed by atoms with van der Waals surface area (Å²) < 4.78 is 5.33. The molecule has 2 aromatic carbocycles. The van der Waals surface area contributed by atoms with Crippen molar-refractivity contribution >= 4 is 17.4 Å². The van der Waals surface area contributed by atoms with Gasteiger partial charge in [0.25, 0.3) is 5.91 Å². The molecule has 0 aromatic heterocycles. The molecule has 1 amide bonds. The normalized spacial score (nSPS) is 14.0. The van der Waals surface area contributed by atoms with Gasteiger partial charge in [-0.1, -0.05) is 18.2 Å². The van der Waals surface area contributed by atoms with E-state index in [1.807, 2.05) is 31.2 Å². The van der Waals surface area contributed by atoms with Gasteiger partial charge in [0, 0.05) is 43.0 Å². The number of carbonyl (C=O) groups excluding carboxylic acids is 2. The molecule has 1 saturated heterocycles. The Bertz CT molecular complexity index is 853. The van der Waals surface area contributed by atoms with Gasteiger partial charge in [-0.3, -0.25) is 9.59 Å². The lowest BCUT2D eigenvalue weighted by atomic mass is 9.94. The Morgan fingerprint density at radius 1 is 0.964 bits per heavy atom. The third-order valence-electron chi connectivity index (χ3n) is 5.28. The van der Waals surface area contributed by atoms with Gasteiger partial charge in [-0.05, 0) is 50.6 Å². The van der Waals surface area contributed by atoms with Gasteiger partial charge in [0.15, 0.2) is 5.78 Å². The Kier molecular flexibility index (Phi) is 6.47. The van der Waals surface area contributed by atoms with Crippen LogP contribution in [0.1, 0.15) is 45.7 Å². The van der Waals surface area contributed by atoms with Gasteiger partial charge in [0.2, 0.25) is 0 Å². The number of hydrogen-bond acceptors (Lipinski definition) is 4. The highest BCUT2D eigenvalue weighted by molar-refractivity contribution is 6.16. The number of ether oxygens (including phenoxy) is 1. The van der Waals surface area contributed by atoms with E-state index in [1.165, 1.54) is 0 Å². The van der Waals surface area contributed by atoms with E-state index >= 15 is 0 Å². The highest BCUT2D eigenvalue weighted by atomic mass is 16.5. The molecule has 0 bridgehead atoms. The average molecular weight is 380 g/mol. The van der Waals surface area contributed by atoms with Crippen LogP contribution in [0.4, 0.5) is 5.69 Å². The molecular formula is C23H28N2O3. The molecule has 0 radical (unpaired) electrons. The van der Waals surface area contributed by atoms with Gasteiger partial charge >= 0.3 is 0 Å². The Hall–Kier alpha value is -2.66. The van der Waals surface area contributed by atoms with E-state index in [9.17, 15) is 9.59 Å². The van der Waals surface area contributed by atoms with E-state index in [0.717, 1.165) is 24.3 Å². The van der Waals surface area contributed by atoms with E-state index < -0.39 is 0 Å². The Labute approximate surface area is 166 Å². The van der Waals surface area contributed by atoms with E-state index in [1.54, 1.807) is 23.1 Å². The molecule has 1 aliphatic rings. The highest BCUT2D eigenvalue weighted by Crippen LogP contribution is 2.23. The van der Waals surface area contributed by atoms with Crippen molar-refractivity contribution in [2.45, 2.75) is 20.8 Å². The minimum atomic E-state index is -0.110. The van der Waals surface area contributed by atoms with Crippen LogP contribution < -0.4 is 4.90 Å². The fourth-order valence-electron chi connectivity index (χ4n) is 3.64. The summed E-state index contributed by atoms with van der Waals surface area (Å²) in [5.41, 5.74) is 3.58. The molecule has 0 saturated carbocycles. The number of anilines is 1. The summed E-state index contributed by atoms with van der Waals surface area (Å²) in [6.07, 6.45) is 0. The lowest BCUT2D eigenvalue weighted by Crippen LogP contribution is -2.41. The molecule has 148 valence electrons. The van der Waals surface area contributed by atoms with Crippen molar-refractivity contribution in [2.24, 2.45) is 0 Å². The first-order chi connectivity index (χ1) is 13.6. The van der Waals surface area contributed by atoms with Crippen LogP contribution >= 0.6 is 0 Å². The molecule has 3 rings (SSSR count). The van der Waals surface area contributed by atoms with Crippen LogP contribution in [0.2, 0.25) is 0 Å². The molecule has 5 heteroatoms. The SMILES string of the molecule is CCN(CC)c1ccc(C(=O)c2ccccc2C(=O)N2CCOCC2)c(C)c1. The Morgan fingerprint density at radius 2 is 1.61 bits per heavy atom. The maximum Gasteiger partial charge on any atom is 0.254 e. The zero-order valence-electron chi connectivity index (χ0n) is 16.9. The summed E-state index contributed by atoms with van der Waals surface area (Å²) in [4.78, 5) is 30.3. The molecule has 0 aliphatic carbocycles. The highest BCUT2D eigenvalue weighted by Gasteiger charge is 2.24. The number of rotatable bonds is 6. The molecule has 0 spiro atoms. The maximum absolute atomic E-state index is 13.3. The van der Waals surface area contributed by atoms with Crippen molar-refractivity contribution < 1.29 is 14.3 Å². The molecule has 0 N–H and O–H groups in total. The summed E-state index contributed by atoms with van der Waals surface area (Å²) in [6, 6.07) is 13.0. The number of benzene rings is 2. The van der Waals surface area contributed by atoms with Crippen LogP contribution in [0.15, 0.2) is 42.5 Å². The van der Waals surface area contributed by atoms with Crippen LogP contribution in [0.25, 0.3) is 0 Å². The predicted octanol–water partition coefficient (Wildman–Crippen LogP) is 3.54. The van der Waals surface area contributed by atoms with Gasteiger partial charge in [0.05, 0.1) is 18.8 Å². The maximum atomic E-state index is 13.3. The first-order valence-electron chi connectivity index (χ1n) is 9.93. The third-order valence-corrected chi connectivity index (χ3v) is 5.28. The van der Waals surface area contributed by atoms with Crippen molar-refractivity contribution in [3.8, 4) is 0 Å². The molecular weight excluding hydrogens is 352 g/mol. The quantitative estimate of drug-likeness (QED) is 0.719. The van der Waals surface area contributed by atoms with Crippen LogP contribution in [-0.2, 0) is 4.74 Å². The van der Waals surface area contributed by atoms with Gasteiger partial charge in [-0.15, -0.1) is 0 Å². The second kappa shape index (κ2) is 9.02. The second-order valence-corrected chi connectivity index (χ2v) is 6.95. The van der Waals surface area contributed by atoms with Crippen molar-refractivity contribution in [3.63, 3.8) is 0 Å². The van der Waals surface area contributed by atoms with Gasteiger partial charge < -0.3 is 14.5 Å². The zero-order chi connectivity index (χ0) is 20.1. The number of aryl methyl sites for hydroxylation is 1. The van der Waals surface area contributed by atoms with Crippen molar-refractivity contribution in [3.05, 3.63) is 64.7 Å². The minimum absolute atomic E-state index is 0.107. The summed E-state index contributed by atoms with van der Waals surface area (Å²) in [5.74, 6) is -0.217. The minimum Gasteiger partial charge on any atom is -0.378 e. The Morgan fingerprint density at radius 3 is 2.21 bits per heavy atom. The average Bonchev–Trinajstić information content (AvgIpc) is 2.74. The monoisotopic (exact) mass is 380 g/mol. The Balaban J connectivity index is 1.92. The number of amides is 1. The van der Waals surface area contributed by atoms with Gasteiger partial charge in [-0.2, -0.15) is 0 Å². The molecule has 0 atom stereocenters. The van der Waals surface area contributed by atoms with Crippen LogP contribution in [0.5, 0.6) is 0 Å². The largest absolute Gasteiger partial charge is 0.378 e. The smallest absolute Gasteiger partial charge is 0.254 e. The standard InChI is InChI=1S/C23H28N2O3/c1-4-24(5-2)18-10-11-19(17(3)16-18)22(26)20-8-6-7-9-21(20)23(27)25-12-14-28-15-13-25/h6-11,16H,4-5,12-15H2,1-3H3. The summed E-state index contributed by atoms with van der Waals surface area (Å²) in [6.45, 7) is 10.2. The number of carbonyl (C=O) groups is 2.